The number of hydrogen-bond donors (Lipinski definition) is 1. The lowest BCUT2D eigenvalue weighted by molar-refractivity contribution is -0.117. The summed E-state index contributed by atoms with van der Waals surface area (Å²) in [7, 11) is 0. The SMILES string of the molecule is Cc1cc(C(F)F)n(CC(=O)Nc2nn(Cc3ccccc3F)cc2Cl)n1. The molecule has 0 saturated carbocycles. The Morgan fingerprint density at radius 3 is 2.74 bits per heavy atom. The quantitative estimate of drug-likeness (QED) is 0.688. The Bertz CT molecular complexity index is 969. The molecule has 2 aromatic heterocycles. The first-order chi connectivity index (χ1) is 12.8. The summed E-state index contributed by atoms with van der Waals surface area (Å²) in [6.07, 6.45) is -1.31. The zero-order chi connectivity index (χ0) is 19.6. The number of aromatic nitrogens is 4. The monoisotopic (exact) mass is 397 g/mol. The van der Waals surface area contributed by atoms with Crippen molar-refractivity contribution in [3.63, 3.8) is 0 Å². The van der Waals surface area contributed by atoms with Crippen molar-refractivity contribution in [1.82, 2.24) is 19.6 Å². The van der Waals surface area contributed by atoms with Crippen molar-refractivity contribution < 1.29 is 18.0 Å². The van der Waals surface area contributed by atoms with E-state index in [4.69, 9.17) is 11.6 Å². The third-order valence-corrected chi connectivity index (χ3v) is 3.99. The molecule has 0 atom stereocenters. The molecule has 142 valence electrons. The van der Waals surface area contributed by atoms with Crippen molar-refractivity contribution in [3.05, 3.63) is 64.3 Å². The molecule has 0 aliphatic rings. The van der Waals surface area contributed by atoms with Crippen LogP contribution in [-0.4, -0.2) is 25.5 Å². The minimum Gasteiger partial charge on any atom is -0.306 e. The fraction of sp³-hybridized carbons (Fsp3) is 0.235. The van der Waals surface area contributed by atoms with Gasteiger partial charge in [-0.2, -0.15) is 10.2 Å². The maximum Gasteiger partial charge on any atom is 0.280 e. The molecule has 6 nitrogen and oxygen atoms in total. The van der Waals surface area contributed by atoms with Gasteiger partial charge in [0.05, 0.1) is 12.2 Å². The zero-order valence-electron chi connectivity index (χ0n) is 14.2. The number of halogens is 4. The highest BCUT2D eigenvalue weighted by atomic mass is 35.5. The topological polar surface area (TPSA) is 64.7 Å². The second-order valence-corrected chi connectivity index (χ2v) is 6.24. The van der Waals surface area contributed by atoms with E-state index in [0.29, 0.717) is 11.3 Å². The van der Waals surface area contributed by atoms with Gasteiger partial charge in [-0.1, -0.05) is 29.8 Å². The van der Waals surface area contributed by atoms with E-state index in [2.05, 4.69) is 15.5 Å². The summed E-state index contributed by atoms with van der Waals surface area (Å²) < 4.78 is 42.0. The first-order valence-corrected chi connectivity index (χ1v) is 8.30. The minimum absolute atomic E-state index is 0.0560. The number of carbonyl (C=O) groups excluding carboxylic acids is 1. The van der Waals surface area contributed by atoms with Crippen LogP contribution in [0.4, 0.5) is 19.0 Å². The van der Waals surface area contributed by atoms with Crippen LogP contribution in [0.25, 0.3) is 0 Å². The highest BCUT2D eigenvalue weighted by molar-refractivity contribution is 6.33. The fourth-order valence-corrected chi connectivity index (χ4v) is 2.74. The molecular weight excluding hydrogens is 383 g/mol. The zero-order valence-corrected chi connectivity index (χ0v) is 14.9. The van der Waals surface area contributed by atoms with Gasteiger partial charge in [0.1, 0.15) is 23.1 Å². The average molecular weight is 398 g/mol. The van der Waals surface area contributed by atoms with Gasteiger partial charge < -0.3 is 5.32 Å². The summed E-state index contributed by atoms with van der Waals surface area (Å²) in [5.74, 6) is -0.943. The summed E-state index contributed by atoms with van der Waals surface area (Å²) >= 11 is 6.05. The average Bonchev–Trinajstić information content (AvgIpc) is 3.12. The number of benzene rings is 1. The molecule has 1 aromatic carbocycles. The van der Waals surface area contributed by atoms with Crippen LogP contribution in [0.5, 0.6) is 0 Å². The normalized spacial score (nSPS) is 11.2. The van der Waals surface area contributed by atoms with Gasteiger partial charge in [-0.25, -0.2) is 13.2 Å². The second-order valence-electron chi connectivity index (χ2n) is 5.83. The fourth-order valence-electron chi connectivity index (χ4n) is 2.54. The number of amides is 1. The van der Waals surface area contributed by atoms with Crippen molar-refractivity contribution >= 4 is 23.3 Å². The molecule has 0 spiro atoms. The maximum atomic E-state index is 13.7. The first kappa shape index (κ1) is 19.0. The van der Waals surface area contributed by atoms with E-state index >= 15 is 0 Å². The predicted molar refractivity (Wildman–Crippen MR) is 93.3 cm³/mol. The summed E-state index contributed by atoms with van der Waals surface area (Å²) in [4.78, 5) is 12.2. The number of aryl methyl sites for hydroxylation is 1. The lowest BCUT2D eigenvalue weighted by atomic mass is 10.2. The number of hydrogen-bond acceptors (Lipinski definition) is 3. The van der Waals surface area contributed by atoms with Gasteiger partial charge in [0.25, 0.3) is 6.43 Å². The summed E-state index contributed by atoms with van der Waals surface area (Å²) in [6.45, 7) is 1.27. The van der Waals surface area contributed by atoms with E-state index in [0.717, 1.165) is 4.68 Å². The van der Waals surface area contributed by atoms with Gasteiger partial charge in [0, 0.05) is 11.8 Å². The maximum absolute atomic E-state index is 13.7. The van der Waals surface area contributed by atoms with Crippen LogP contribution in [0, 0.1) is 12.7 Å². The Kier molecular flexibility index (Phi) is 5.50. The largest absolute Gasteiger partial charge is 0.306 e. The van der Waals surface area contributed by atoms with Crippen molar-refractivity contribution in [2.45, 2.75) is 26.4 Å². The molecule has 0 radical (unpaired) electrons. The number of rotatable bonds is 6. The van der Waals surface area contributed by atoms with E-state index in [1.807, 2.05) is 0 Å². The summed E-state index contributed by atoms with van der Waals surface area (Å²) in [5.41, 5.74) is 0.437. The Hall–Kier alpha value is -2.81. The molecule has 0 aliphatic carbocycles. The van der Waals surface area contributed by atoms with E-state index in [1.54, 1.807) is 25.1 Å². The predicted octanol–water partition coefficient (Wildman–Crippen LogP) is 3.81. The molecule has 0 unspecified atom stereocenters. The van der Waals surface area contributed by atoms with Crippen LogP contribution in [0.2, 0.25) is 5.02 Å². The van der Waals surface area contributed by atoms with Crippen molar-refractivity contribution in [1.29, 1.82) is 0 Å². The van der Waals surface area contributed by atoms with Crippen LogP contribution >= 0.6 is 11.6 Å². The Balaban J connectivity index is 1.70. The molecule has 3 rings (SSSR count). The van der Waals surface area contributed by atoms with Crippen LogP contribution in [-0.2, 0) is 17.9 Å². The van der Waals surface area contributed by atoms with Gasteiger partial charge in [0.15, 0.2) is 5.82 Å². The molecule has 27 heavy (non-hydrogen) atoms. The first-order valence-electron chi connectivity index (χ1n) is 7.92. The Morgan fingerprint density at radius 2 is 2.04 bits per heavy atom. The molecule has 0 saturated heterocycles. The number of nitrogens with one attached hydrogen (secondary N) is 1. The molecule has 1 N–H and O–H groups in total. The molecule has 0 bridgehead atoms. The molecule has 1 amide bonds. The third-order valence-electron chi connectivity index (χ3n) is 3.72. The lowest BCUT2D eigenvalue weighted by Crippen LogP contribution is -2.21. The molecule has 10 heteroatoms. The van der Waals surface area contributed by atoms with Crippen LogP contribution in [0.15, 0.2) is 36.5 Å². The van der Waals surface area contributed by atoms with Crippen molar-refractivity contribution in [2.75, 3.05) is 5.32 Å². The Labute approximate surface area is 157 Å². The van der Waals surface area contributed by atoms with Gasteiger partial charge in [-0.15, -0.1) is 0 Å². The van der Waals surface area contributed by atoms with Gasteiger partial charge in [-0.3, -0.25) is 14.2 Å². The number of anilines is 1. The minimum atomic E-state index is -2.75. The van der Waals surface area contributed by atoms with Crippen LogP contribution in [0.3, 0.4) is 0 Å². The van der Waals surface area contributed by atoms with Crippen molar-refractivity contribution in [3.8, 4) is 0 Å². The highest BCUT2D eigenvalue weighted by Crippen LogP contribution is 2.22. The molecule has 2 heterocycles. The third kappa shape index (κ3) is 4.48. The number of carbonyl (C=O) groups is 1. The van der Waals surface area contributed by atoms with E-state index < -0.39 is 18.9 Å². The lowest BCUT2D eigenvalue weighted by Gasteiger charge is -2.07. The number of alkyl halides is 2. The van der Waals surface area contributed by atoms with E-state index in [9.17, 15) is 18.0 Å². The molecular formula is C17H15ClF3N5O. The van der Waals surface area contributed by atoms with Gasteiger partial charge in [0.2, 0.25) is 5.91 Å². The second kappa shape index (κ2) is 7.83. The van der Waals surface area contributed by atoms with E-state index in [-0.39, 0.29) is 28.9 Å². The van der Waals surface area contributed by atoms with Crippen molar-refractivity contribution in [2.24, 2.45) is 0 Å². The smallest absolute Gasteiger partial charge is 0.280 e. The molecule has 0 fully saturated rings. The van der Waals surface area contributed by atoms with E-state index in [1.165, 1.54) is 23.0 Å². The Morgan fingerprint density at radius 1 is 1.30 bits per heavy atom. The molecule has 0 aliphatic heterocycles. The molecule has 3 aromatic rings. The van der Waals surface area contributed by atoms with Gasteiger partial charge >= 0.3 is 0 Å². The standard InChI is InChI=1S/C17H15ClF3N5O/c1-10-6-14(16(20)21)26(23-10)9-15(27)22-17-12(18)8-25(24-17)7-11-4-2-3-5-13(11)19/h2-6,8,16H,7,9H2,1H3,(H,22,24,27). The van der Waals surface area contributed by atoms with Gasteiger partial charge in [-0.05, 0) is 19.1 Å². The summed E-state index contributed by atoms with van der Waals surface area (Å²) in [5, 5.41) is 10.6. The number of nitrogens with zero attached hydrogens (tertiary/aromatic N) is 4. The van der Waals surface area contributed by atoms with Crippen LogP contribution < -0.4 is 5.32 Å². The highest BCUT2D eigenvalue weighted by Gasteiger charge is 2.18. The van der Waals surface area contributed by atoms with Crippen LogP contribution in [0.1, 0.15) is 23.4 Å². The summed E-state index contributed by atoms with van der Waals surface area (Å²) in [6, 6.07) is 7.42.